The third-order valence-electron chi connectivity index (χ3n) is 3.12. The zero-order valence-corrected chi connectivity index (χ0v) is 14.6. The molecule has 0 amide bonds. The summed E-state index contributed by atoms with van der Waals surface area (Å²) in [5.41, 5.74) is 7.05. The number of ether oxygens (including phenoxy) is 2. The van der Waals surface area contributed by atoms with Gasteiger partial charge in [0.1, 0.15) is 11.6 Å². The van der Waals surface area contributed by atoms with Crippen LogP contribution in [0.3, 0.4) is 0 Å². The van der Waals surface area contributed by atoms with Crippen LogP contribution in [0, 0.1) is 0 Å². The summed E-state index contributed by atoms with van der Waals surface area (Å²) < 4.78 is 9.99. The molecule has 0 bridgehead atoms. The fraction of sp³-hybridized carbons (Fsp3) is 0.250. The van der Waals surface area contributed by atoms with Gasteiger partial charge in [-0.05, 0) is 29.6 Å². The largest absolute Gasteiger partial charge is 0.496 e. The lowest BCUT2D eigenvalue weighted by Gasteiger charge is -2.10. The second-order valence-corrected chi connectivity index (χ2v) is 5.54. The summed E-state index contributed by atoms with van der Waals surface area (Å²) in [6, 6.07) is 9.02. The van der Waals surface area contributed by atoms with Crippen molar-refractivity contribution in [1.82, 2.24) is 0 Å². The maximum absolute atomic E-state index is 11.6. The molecule has 2 aromatic rings. The first-order valence-electron chi connectivity index (χ1n) is 6.74. The van der Waals surface area contributed by atoms with E-state index in [2.05, 4.69) is 11.1 Å². The van der Waals surface area contributed by atoms with Crippen LogP contribution in [0.5, 0.6) is 5.75 Å². The van der Waals surface area contributed by atoms with Gasteiger partial charge in [-0.1, -0.05) is 6.07 Å². The standard InChI is InChI=1S/C16H18N2O3S.ClH/c1-20-14-6-5-11(16(19)21-2)10-13(14)15(17)18-8-7-12-4-3-9-22-12;/h3-6,9-10H,7-8H2,1-2H3,(H2,17,18);1H. The van der Waals surface area contributed by atoms with Crippen molar-refractivity contribution in [2.24, 2.45) is 10.7 Å². The monoisotopic (exact) mass is 354 g/mol. The van der Waals surface area contributed by atoms with Crippen molar-refractivity contribution in [3.05, 3.63) is 51.7 Å². The minimum atomic E-state index is -0.421. The minimum absolute atomic E-state index is 0. The number of rotatable bonds is 6. The first kappa shape index (κ1) is 19.0. The summed E-state index contributed by atoms with van der Waals surface area (Å²) in [6.45, 7) is 0.581. The van der Waals surface area contributed by atoms with Crippen LogP contribution >= 0.6 is 23.7 Å². The number of amidine groups is 1. The predicted molar refractivity (Wildman–Crippen MR) is 95.2 cm³/mol. The second-order valence-electron chi connectivity index (χ2n) is 4.50. The summed E-state index contributed by atoms with van der Waals surface area (Å²) in [5.74, 6) is 0.500. The summed E-state index contributed by atoms with van der Waals surface area (Å²) in [7, 11) is 2.89. The summed E-state index contributed by atoms with van der Waals surface area (Å²) in [4.78, 5) is 17.2. The van der Waals surface area contributed by atoms with E-state index in [1.54, 1.807) is 36.6 Å². The lowest BCUT2D eigenvalue weighted by Crippen LogP contribution is -2.17. The number of esters is 1. The highest BCUT2D eigenvalue weighted by atomic mass is 35.5. The van der Waals surface area contributed by atoms with Crippen molar-refractivity contribution in [2.45, 2.75) is 6.42 Å². The zero-order chi connectivity index (χ0) is 15.9. The smallest absolute Gasteiger partial charge is 0.337 e. The highest BCUT2D eigenvalue weighted by Crippen LogP contribution is 2.20. The van der Waals surface area contributed by atoms with Crippen LogP contribution in [-0.4, -0.2) is 32.6 Å². The Balaban J connectivity index is 0.00000264. The zero-order valence-electron chi connectivity index (χ0n) is 12.9. The van der Waals surface area contributed by atoms with Crippen LogP contribution in [0.2, 0.25) is 0 Å². The van der Waals surface area contributed by atoms with Crippen molar-refractivity contribution in [3.63, 3.8) is 0 Å². The highest BCUT2D eigenvalue weighted by molar-refractivity contribution is 7.09. The number of hydrogen-bond acceptors (Lipinski definition) is 5. The molecule has 0 unspecified atom stereocenters. The van der Waals surface area contributed by atoms with Crippen LogP contribution < -0.4 is 10.5 Å². The van der Waals surface area contributed by atoms with E-state index < -0.39 is 5.97 Å². The molecule has 0 saturated heterocycles. The molecule has 0 aliphatic rings. The SMILES string of the molecule is COC(=O)c1ccc(OC)c(C(N)=NCCc2cccs2)c1.Cl. The quantitative estimate of drug-likeness (QED) is 0.491. The third kappa shape index (κ3) is 4.97. The van der Waals surface area contributed by atoms with Crippen molar-refractivity contribution in [3.8, 4) is 5.75 Å². The molecule has 23 heavy (non-hydrogen) atoms. The van der Waals surface area contributed by atoms with Crippen LogP contribution in [0.4, 0.5) is 0 Å². The molecule has 5 nitrogen and oxygen atoms in total. The lowest BCUT2D eigenvalue weighted by molar-refractivity contribution is 0.0600. The molecule has 0 radical (unpaired) electrons. The Morgan fingerprint density at radius 2 is 2.09 bits per heavy atom. The van der Waals surface area contributed by atoms with Crippen LogP contribution in [0.15, 0.2) is 40.7 Å². The van der Waals surface area contributed by atoms with Gasteiger partial charge >= 0.3 is 5.97 Å². The van der Waals surface area contributed by atoms with Gasteiger partial charge in [-0.2, -0.15) is 0 Å². The van der Waals surface area contributed by atoms with Crippen molar-refractivity contribution in [2.75, 3.05) is 20.8 Å². The Morgan fingerprint density at radius 3 is 2.70 bits per heavy atom. The number of halogens is 1. The van der Waals surface area contributed by atoms with Gasteiger partial charge in [0.15, 0.2) is 0 Å². The third-order valence-corrected chi connectivity index (χ3v) is 4.05. The van der Waals surface area contributed by atoms with Crippen molar-refractivity contribution in [1.29, 1.82) is 0 Å². The maximum Gasteiger partial charge on any atom is 0.337 e. The molecule has 1 heterocycles. The molecule has 1 aromatic heterocycles. The summed E-state index contributed by atoms with van der Waals surface area (Å²) >= 11 is 1.69. The van der Waals surface area contributed by atoms with Gasteiger partial charge in [-0.25, -0.2) is 4.79 Å². The number of hydrogen-bond donors (Lipinski definition) is 1. The van der Waals surface area contributed by atoms with E-state index in [1.165, 1.54) is 12.0 Å². The van der Waals surface area contributed by atoms with Gasteiger partial charge in [0.25, 0.3) is 0 Å². The van der Waals surface area contributed by atoms with E-state index >= 15 is 0 Å². The van der Waals surface area contributed by atoms with E-state index in [0.29, 0.717) is 29.3 Å². The number of aliphatic imine (C=N–C) groups is 1. The Hall–Kier alpha value is -2.05. The molecule has 0 spiro atoms. The van der Waals surface area contributed by atoms with Crippen LogP contribution in [-0.2, 0) is 11.2 Å². The van der Waals surface area contributed by atoms with Gasteiger partial charge < -0.3 is 15.2 Å². The Bertz CT molecular complexity index is 672. The first-order chi connectivity index (χ1) is 10.7. The second kappa shape index (κ2) is 9.17. The van der Waals surface area contributed by atoms with E-state index in [4.69, 9.17) is 15.2 Å². The molecule has 2 N–H and O–H groups in total. The number of nitrogens with zero attached hydrogens (tertiary/aromatic N) is 1. The van der Waals surface area contributed by atoms with E-state index in [1.807, 2.05) is 11.4 Å². The van der Waals surface area contributed by atoms with Crippen LogP contribution in [0.1, 0.15) is 20.8 Å². The lowest BCUT2D eigenvalue weighted by atomic mass is 10.1. The first-order valence-corrected chi connectivity index (χ1v) is 7.62. The fourth-order valence-electron chi connectivity index (χ4n) is 1.98. The number of benzene rings is 1. The van der Waals surface area contributed by atoms with Gasteiger partial charge in [-0.3, -0.25) is 4.99 Å². The molecule has 0 atom stereocenters. The highest BCUT2D eigenvalue weighted by Gasteiger charge is 2.12. The minimum Gasteiger partial charge on any atom is -0.496 e. The van der Waals surface area contributed by atoms with E-state index in [9.17, 15) is 4.79 Å². The number of thiophene rings is 1. The number of carbonyl (C=O) groups excluding carboxylic acids is 1. The molecule has 0 aliphatic carbocycles. The predicted octanol–water partition coefficient (Wildman–Crippen LogP) is 2.91. The van der Waals surface area contributed by atoms with Gasteiger partial charge in [0.2, 0.25) is 0 Å². The average Bonchev–Trinajstić information content (AvgIpc) is 3.06. The molecule has 1 aromatic carbocycles. The fourth-order valence-corrected chi connectivity index (χ4v) is 2.68. The maximum atomic E-state index is 11.6. The van der Waals surface area contributed by atoms with E-state index in [0.717, 1.165) is 6.42 Å². The Labute approximate surface area is 145 Å². The van der Waals surface area contributed by atoms with Crippen molar-refractivity contribution >= 4 is 35.5 Å². The molecule has 124 valence electrons. The topological polar surface area (TPSA) is 73.9 Å². The molecular formula is C16H19ClN2O3S. The van der Waals surface area contributed by atoms with Crippen LogP contribution in [0.25, 0.3) is 0 Å². The van der Waals surface area contributed by atoms with E-state index in [-0.39, 0.29) is 12.4 Å². The normalized spacial score (nSPS) is 10.8. The van der Waals surface area contributed by atoms with Gasteiger partial charge in [0, 0.05) is 17.8 Å². The Morgan fingerprint density at radius 1 is 1.30 bits per heavy atom. The number of nitrogens with two attached hydrogens (primary N) is 1. The molecule has 7 heteroatoms. The molecule has 0 fully saturated rings. The molecular weight excluding hydrogens is 336 g/mol. The molecule has 2 rings (SSSR count). The Kier molecular flexibility index (Phi) is 7.57. The summed E-state index contributed by atoms with van der Waals surface area (Å²) in [6.07, 6.45) is 0.831. The number of methoxy groups -OCH3 is 2. The number of carbonyl (C=O) groups is 1. The molecule has 0 aliphatic heterocycles. The van der Waals surface area contributed by atoms with Gasteiger partial charge in [0.05, 0.1) is 25.3 Å². The van der Waals surface area contributed by atoms with Crippen molar-refractivity contribution < 1.29 is 14.3 Å². The molecule has 0 saturated carbocycles. The summed E-state index contributed by atoms with van der Waals surface area (Å²) in [5, 5.41) is 2.03. The average molecular weight is 355 g/mol. The van der Waals surface area contributed by atoms with Gasteiger partial charge in [-0.15, -0.1) is 23.7 Å².